The lowest BCUT2D eigenvalue weighted by atomic mass is 10.1. The van der Waals surface area contributed by atoms with Gasteiger partial charge in [-0.2, -0.15) is 0 Å². The quantitative estimate of drug-likeness (QED) is 0.820. The molecule has 0 aliphatic rings. The van der Waals surface area contributed by atoms with Crippen LogP contribution in [0.25, 0.3) is 10.4 Å². The molecule has 0 aliphatic carbocycles. The van der Waals surface area contributed by atoms with Crippen LogP contribution in [0.15, 0.2) is 30.3 Å². The fourth-order valence-electron chi connectivity index (χ4n) is 1.62. The molecule has 0 unspecified atom stereocenters. The first-order valence-corrected chi connectivity index (χ1v) is 6.75. The summed E-state index contributed by atoms with van der Waals surface area (Å²) in [7, 11) is 1.64. The molecule has 0 spiro atoms. The van der Waals surface area contributed by atoms with Crippen molar-refractivity contribution in [3.05, 3.63) is 36.0 Å². The lowest BCUT2D eigenvalue weighted by Crippen LogP contribution is -2.26. The van der Waals surface area contributed by atoms with Crippen LogP contribution in [0.2, 0.25) is 0 Å². The second-order valence-corrected chi connectivity index (χ2v) is 4.67. The molecule has 0 aliphatic heterocycles. The summed E-state index contributed by atoms with van der Waals surface area (Å²) < 4.78 is 8.80. The molecule has 1 amide bonds. The molecule has 1 aromatic carbocycles. The fourth-order valence-corrected chi connectivity index (χ4v) is 2.29. The predicted molar refractivity (Wildman–Crippen MR) is 74.2 cm³/mol. The molecule has 1 aromatic heterocycles. The first-order valence-electron chi connectivity index (χ1n) is 5.98. The van der Waals surface area contributed by atoms with E-state index in [-0.39, 0.29) is 5.91 Å². The average molecular weight is 277 g/mol. The summed E-state index contributed by atoms with van der Waals surface area (Å²) in [6.45, 7) is 1.19. The Morgan fingerprint density at radius 3 is 2.89 bits per heavy atom. The number of benzene rings is 1. The van der Waals surface area contributed by atoms with Gasteiger partial charge in [0.15, 0.2) is 5.69 Å². The number of nitrogens with zero attached hydrogens (tertiary/aromatic N) is 2. The molecule has 0 fully saturated rings. The number of carbonyl (C=O) groups is 1. The first kappa shape index (κ1) is 13.6. The first-order chi connectivity index (χ1) is 9.33. The number of methoxy groups -OCH3 is 1. The summed E-state index contributed by atoms with van der Waals surface area (Å²) >= 11 is 1.23. The fraction of sp³-hybridized carbons (Fsp3) is 0.308. The molecule has 0 saturated heterocycles. The molecule has 0 radical (unpaired) electrons. The number of carbonyl (C=O) groups excluding carboxylic acids is 1. The van der Waals surface area contributed by atoms with E-state index >= 15 is 0 Å². The van der Waals surface area contributed by atoms with Crippen molar-refractivity contribution in [2.24, 2.45) is 0 Å². The Hall–Kier alpha value is -1.79. The molecule has 2 rings (SSSR count). The summed E-state index contributed by atoms with van der Waals surface area (Å²) in [5.41, 5.74) is 1.34. The van der Waals surface area contributed by atoms with E-state index in [0.29, 0.717) is 18.8 Å². The van der Waals surface area contributed by atoms with Gasteiger partial charge < -0.3 is 10.1 Å². The van der Waals surface area contributed by atoms with Gasteiger partial charge in [-0.1, -0.05) is 34.8 Å². The number of rotatable bonds is 6. The second kappa shape index (κ2) is 6.96. The van der Waals surface area contributed by atoms with Crippen molar-refractivity contribution in [2.45, 2.75) is 6.42 Å². The summed E-state index contributed by atoms with van der Waals surface area (Å²) in [4.78, 5) is 12.8. The Morgan fingerprint density at radius 1 is 1.37 bits per heavy atom. The number of aromatic nitrogens is 2. The highest BCUT2D eigenvalue weighted by molar-refractivity contribution is 7.09. The zero-order valence-electron chi connectivity index (χ0n) is 10.6. The largest absolute Gasteiger partial charge is 0.385 e. The van der Waals surface area contributed by atoms with E-state index in [2.05, 4.69) is 14.9 Å². The Bertz CT molecular complexity index is 528. The van der Waals surface area contributed by atoms with Gasteiger partial charge in [0.05, 0.1) is 4.88 Å². The molecule has 0 saturated carbocycles. The van der Waals surface area contributed by atoms with Crippen molar-refractivity contribution in [3.63, 3.8) is 0 Å². The van der Waals surface area contributed by atoms with Crippen LogP contribution in [-0.2, 0) is 4.74 Å². The second-order valence-electron chi connectivity index (χ2n) is 3.92. The highest BCUT2D eigenvalue weighted by Gasteiger charge is 2.17. The summed E-state index contributed by atoms with van der Waals surface area (Å²) in [5.74, 6) is -0.191. The molecule has 19 heavy (non-hydrogen) atoms. The molecule has 5 nitrogen and oxygen atoms in total. The third kappa shape index (κ3) is 3.59. The van der Waals surface area contributed by atoms with E-state index < -0.39 is 0 Å². The third-order valence-corrected chi connectivity index (χ3v) is 3.32. The maximum atomic E-state index is 12.0. The van der Waals surface area contributed by atoms with Crippen molar-refractivity contribution in [2.75, 3.05) is 20.3 Å². The van der Waals surface area contributed by atoms with Gasteiger partial charge in [0.2, 0.25) is 0 Å². The topological polar surface area (TPSA) is 64.1 Å². The van der Waals surface area contributed by atoms with Gasteiger partial charge in [-0.15, -0.1) is 5.10 Å². The van der Waals surface area contributed by atoms with Crippen molar-refractivity contribution in [3.8, 4) is 10.4 Å². The van der Waals surface area contributed by atoms with Crippen LogP contribution in [-0.4, -0.2) is 35.8 Å². The van der Waals surface area contributed by atoms with Gasteiger partial charge in [0, 0.05) is 20.3 Å². The molecule has 1 N–H and O–H groups in total. The zero-order chi connectivity index (χ0) is 13.5. The maximum Gasteiger partial charge on any atom is 0.273 e. The minimum absolute atomic E-state index is 0.191. The van der Waals surface area contributed by atoms with E-state index in [0.717, 1.165) is 16.9 Å². The molecule has 2 aromatic rings. The summed E-state index contributed by atoms with van der Waals surface area (Å²) in [6, 6.07) is 9.67. The third-order valence-electron chi connectivity index (χ3n) is 2.55. The van der Waals surface area contributed by atoms with Crippen molar-refractivity contribution >= 4 is 17.4 Å². The average Bonchev–Trinajstić information content (AvgIpc) is 2.94. The number of ether oxygens (including phenoxy) is 1. The van der Waals surface area contributed by atoms with Crippen LogP contribution >= 0.6 is 11.5 Å². The van der Waals surface area contributed by atoms with E-state index in [1.165, 1.54) is 11.5 Å². The van der Waals surface area contributed by atoms with Crippen molar-refractivity contribution < 1.29 is 9.53 Å². The zero-order valence-corrected chi connectivity index (χ0v) is 11.4. The van der Waals surface area contributed by atoms with E-state index in [4.69, 9.17) is 4.74 Å². The molecule has 100 valence electrons. The lowest BCUT2D eigenvalue weighted by Gasteiger charge is -2.04. The van der Waals surface area contributed by atoms with E-state index in [1.807, 2.05) is 30.3 Å². The number of hydrogen-bond donors (Lipinski definition) is 1. The van der Waals surface area contributed by atoms with Crippen LogP contribution in [0.4, 0.5) is 0 Å². The Morgan fingerprint density at radius 2 is 2.16 bits per heavy atom. The van der Waals surface area contributed by atoms with Gasteiger partial charge in [0.25, 0.3) is 5.91 Å². The monoisotopic (exact) mass is 277 g/mol. The predicted octanol–water partition coefficient (Wildman–Crippen LogP) is 1.97. The smallest absolute Gasteiger partial charge is 0.273 e. The normalized spacial score (nSPS) is 10.4. The van der Waals surface area contributed by atoms with E-state index in [9.17, 15) is 4.79 Å². The molecule has 6 heteroatoms. The summed E-state index contributed by atoms with van der Waals surface area (Å²) in [6.07, 6.45) is 0.778. The molecule has 0 bridgehead atoms. The Kier molecular flexibility index (Phi) is 5.00. The summed E-state index contributed by atoms with van der Waals surface area (Å²) in [5, 5.41) is 6.73. The van der Waals surface area contributed by atoms with Crippen LogP contribution in [0.5, 0.6) is 0 Å². The van der Waals surface area contributed by atoms with Crippen LogP contribution < -0.4 is 5.32 Å². The van der Waals surface area contributed by atoms with Crippen molar-refractivity contribution in [1.29, 1.82) is 0 Å². The highest BCUT2D eigenvalue weighted by atomic mass is 32.1. The van der Waals surface area contributed by atoms with Crippen molar-refractivity contribution in [1.82, 2.24) is 14.9 Å². The number of nitrogens with one attached hydrogen (secondary N) is 1. The number of hydrogen-bond acceptors (Lipinski definition) is 5. The molecule has 1 heterocycles. The molecule has 0 atom stereocenters. The maximum absolute atomic E-state index is 12.0. The van der Waals surface area contributed by atoms with Crippen LogP contribution in [0.1, 0.15) is 16.9 Å². The van der Waals surface area contributed by atoms with Gasteiger partial charge in [0.1, 0.15) is 0 Å². The minimum Gasteiger partial charge on any atom is -0.385 e. The van der Waals surface area contributed by atoms with Crippen LogP contribution in [0, 0.1) is 0 Å². The van der Waals surface area contributed by atoms with E-state index in [1.54, 1.807) is 7.11 Å². The standard InChI is InChI=1S/C13H15N3O2S/c1-18-9-5-8-14-13(17)11-12(19-16-15-11)10-6-3-2-4-7-10/h2-4,6-7H,5,8-9H2,1H3,(H,14,17). The van der Waals surface area contributed by atoms with Gasteiger partial charge >= 0.3 is 0 Å². The highest BCUT2D eigenvalue weighted by Crippen LogP contribution is 2.25. The van der Waals surface area contributed by atoms with Gasteiger partial charge in [-0.25, -0.2) is 0 Å². The van der Waals surface area contributed by atoms with Crippen LogP contribution in [0.3, 0.4) is 0 Å². The van der Waals surface area contributed by atoms with Gasteiger partial charge in [-0.3, -0.25) is 4.79 Å². The molecular formula is C13H15N3O2S. The lowest BCUT2D eigenvalue weighted by molar-refractivity contribution is 0.0944. The Labute approximate surface area is 115 Å². The molecular weight excluding hydrogens is 262 g/mol. The SMILES string of the molecule is COCCCNC(=O)c1nnsc1-c1ccccc1. The Balaban J connectivity index is 2.05. The van der Waals surface area contributed by atoms with Gasteiger partial charge in [-0.05, 0) is 23.5 Å². The number of amides is 1. The minimum atomic E-state index is -0.191.